The van der Waals surface area contributed by atoms with Crippen molar-refractivity contribution >= 4 is 105 Å². The lowest BCUT2D eigenvalue weighted by atomic mass is 10.1. The number of Topliss-reactive ketones (excluding diaryl/α,β-unsaturated/α-hetero) is 4. The Hall–Kier alpha value is -4.56. The molecule has 6 aliphatic rings. The lowest BCUT2D eigenvalue weighted by Gasteiger charge is -1.98. The van der Waals surface area contributed by atoms with E-state index in [4.69, 9.17) is 0 Å². The summed E-state index contributed by atoms with van der Waals surface area (Å²) >= 11 is 8.37. The summed E-state index contributed by atoms with van der Waals surface area (Å²) in [5.74, 6) is -0.113. The Morgan fingerprint density at radius 1 is 0.352 bits per heavy atom. The van der Waals surface area contributed by atoms with E-state index in [9.17, 15) is 28.8 Å². The predicted molar refractivity (Wildman–Crippen MR) is 220 cm³/mol. The second-order valence-electron chi connectivity index (χ2n) is 11.7. The van der Waals surface area contributed by atoms with Crippen molar-refractivity contribution in [3.63, 3.8) is 0 Å². The van der Waals surface area contributed by atoms with Crippen LogP contribution < -0.4 is 0 Å². The van der Waals surface area contributed by atoms with Crippen LogP contribution in [0.3, 0.4) is 0 Å². The molecule has 0 N–H and O–H groups in total. The number of fused-ring (bicyclic) bond motifs is 4. The average Bonchev–Trinajstić information content (AvgIpc) is 4.06. The number of carbonyl (C=O) groups is 6. The molecule has 0 aliphatic carbocycles. The lowest BCUT2D eigenvalue weighted by Crippen LogP contribution is -2.01. The van der Waals surface area contributed by atoms with E-state index < -0.39 is 0 Å². The quantitative estimate of drug-likeness (QED) is 0.171. The fraction of sp³-hybridized carbons (Fsp3) is 0. The van der Waals surface area contributed by atoms with Gasteiger partial charge in [-0.3, -0.25) is 28.8 Å². The van der Waals surface area contributed by atoms with Gasteiger partial charge in [0.05, 0.1) is 29.4 Å². The van der Waals surface area contributed by atoms with Gasteiger partial charge in [0.1, 0.15) is 0 Å². The van der Waals surface area contributed by atoms with Crippen molar-refractivity contribution < 1.29 is 28.8 Å². The van der Waals surface area contributed by atoms with Gasteiger partial charge in [-0.05, 0) is 83.7 Å². The maximum Gasteiger partial charge on any atom is 0.202 e. The van der Waals surface area contributed by atoms with Crippen LogP contribution >= 0.6 is 70.6 Å². The lowest BCUT2D eigenvalue weighted by molar-refractivity contribution is -0.112. The Morgan fingerprint density at radius 2 is 0.667 bits per heavy atom. The number of hydrogen-bond acceptors (Lipinski definition) is 12. The van der Waals surface area contributed by atoms with Gasteiger partial charge in [0.2, 0.25) is 23.1 Å². The number of hydrogen-bond donors (Lipinski definition) is 0. The Morgan fingerprint density at radius 3 is 0.963 bits per heavy atom. The van der Waals surface area contributed by atoms with Gasteiger partial charge in [0.25, 0.3) is 0 Å². The molecule has 4 aromatic rings. The van der Waals surface area contributed by atoms with Crippen molar-refractivity contribution in [3.05, 3.63) is 184 Å². The fourth-order valence-electron chi connectivity index (χ4n) is 5.72. The third-order valence-electron chi connectivity index (χ3n) is 8.31. The highest BCUT2D eigenvalue weighted by molar-refractivity contribution is 8.11. The molecule has 0 unspecified atom stereocenters. The average molecular weight is 815 g/mol. The summed E-state index contributed by atoms with van der Waals surface area (Å²) in [5, 5.41) is 3.41. The zero-order chi connectivity index (χ0) is 37.3. The van der Waals surface area contributed by atoms with E-state index >= 15 is 0 Å². The van der Waals surface area contributed by atoms with Crippen molar-refractivity contribution in [2.45, 2.75) is 19.6 Å². The second-order valence-corrected chi connectivity index (χ2v) is 17.8. The highest BCUT2D eigenvalue weighted by Gasteiger charge is 2.36. The molecule has 0 amide bonds. The van der Waals surface area contributed by atoms with Gasteiger partial charge in [-0.1, -0.05) is 119 Å². The fourth-order valence-corrected chi connectivity index (χ4v) is 11.7. The van der Waals surface area contributed by atoms with Crippen LogP contribution in [0.15, 0.2) is 181 Å². The third-order valence-corrected chi connectivity index (χ3v) is 15.0. The molecule has 0 fully saturated rings. The summed E-state index contributed by atoms with van der Waals surface area (Å²) in [4.78, 5) is 79.2. The number of thioether (sulfide) groups is 6. The number of rotatable bonds is 1. The van der Waals surface area contributed by atoms with Gasteiger partial charge in [-0.2, -0.15) is 0 Å². The van der Waals surface area contributed by atoms with Crippen molar-refractivity contribution in [2.24, 2.45) is 0 Å². The molecule has 6 heterocycles. The monoisotopic (exact) mass is 814 g/mol. The first-order valence-electron chi connectivity index (χ1n) is 16.2. The molecule has 12 heteroatoms. The molecule has 54 heavy (non-hydrogen) atoms. The van der Waals surface area contributed by atoms with Gasteiger partial charge in [-0.25, -0.2) is 0 Å². The van der Waals surface area contributed by atoms with E-state index in [2.05, 4.69) is 0 Å². The molecule has 262 valence electrons. The van der Waals surface area contributed by atoms with Gasteiger partial charge in [0.15, 0.2) is 11.6 Å². The Labute approximate surface area is 335 Å². The van der Waals surface area contributed by atoms with E-state index in [1.807, 2.05) is 97.1 Å². The topological polar surface area (TPSA) is 102 Å². The van der Waals surface area contributed by atoms with Crippen LogP contribution in [0.4, 0.5) is 0 Å². The van der Waals surface area contributed by atoms with Crippen LogP contribution in [0.5, 0.6) is 0 Å². The Bertz CT molecular complexity index is 2400. The first-order valence-corrected chi connectivity index (χ1v) is 21.2. The van der Waals surface area contributed by atoms with Crippen LogP contribution in [0.25, 0.3) is 0 Å². The molecular weight excluding hydrogens is 793 g/mol. The maximum absolute atomic E-state index is 12.4. The molecule has 6 nitrogen and oxygen atoms in total. The highest BCUT2D eigenvalue weighted by atomic mass is 32.2. The first-order chi connectivity index (χ1) is 26.3. The van der Waals surface area contributed by atoms with Crippen LogP contribution in [0, 0.1) is 0 Å². The number of allylic oxidation sites excluding steroid dienone is 10. The molecule has 10 rings (SSSR count). The van der Waals surface area contributed by atoms with Crippen LogP contribution in [-0.4, -0.2) is 34.7 Å². The summed E-state index contributed by atoms with van der Waals surface area (Å²) in [6.45, 7) is 0. The summed E-state index contributed by atoms with van der Waals surface area (Å²) in [6, 6.07) is 30.1. The van der Waals surface area contributed by atoms with E-state index in [1.165, 1.54) is 82.7 Å². The smallest absolute Gasteiger partial charge is 0.202 e. The number of benzene rings is 4. The molecule has 0 saturated heterocycles. The molecule has 0 saturated carbocycles. The van der Waals surface area contributed by atoms with Gasteiger partial charge in [-0.15, -0.1) is 0 Å². The van der Waals surface area contributed by atoms with E-state index in [0.29, 0.717) is 40.6 Å². The molecule has 0 spiro atoms. The summed E-state index contributed by atoms with van der Waals surface area (Å²) in [6.07, 6.45) is 6.50. The minimum atomic E-state index is -0.0560. The minimum Gasteiger partial charge on any atom is -0.289 e. The normalized spacial score (nSPS) is 21.7. The van der Waals surface area contributed by atoms with Crippen LogP contribution in [-0.2, 0) is 9.59 Å². The number of ketones is 6. The highest BCUT2D eigenvalue weighted by Crippen LogP contribution is 2.49. The standard InChI is InChI=1S/C18H10O2S2.C16H8O2S2.C8H4O2S2/c19-17-11-5-1-3-7-13(11)21-15(17)9-10-16-18(20)12-6-2-4-8-14(12)22-16;17-13-9-5-1-3-7-11(9)19-15(13)16-14(18)10-6-2-4-8-12(10)20-16;9-5-1-3-11-7(5)8-6(10)2-4-12-8/h1-10H;1-8H;1-4H/b15-9-,16-10-;16-15+;8-7+. The van der Waals surface area contributed by atoms with Crippen molar-refractivity contribution in [1.82, 2.24) is 0 Å². The van der Waals surface area contributed by atoms with Crippen molar-refractivity contribution in [3.8, 4) is 0 Å². The summed E-state index contributed by atoms with van der Waals surface area (Å²) in [5.41, 5.74) is 2.88. The van der Waals surface area contributed by atoms with E-state index in [1.54, 1.807) is 23.0 Å². The van der Waals surface area contributed by atoms with E-state index in [0.717, 1.165) is 30.7 Å². The molecule has 0 radical (unpaired) electrons. The molecular formula is C42H22O6S6. The second kappa shape index (κ2) is 15.7. The largest absolute Gasteiger partial charge is 0.289 e. The molecule has 0 atom stereocenters. The zero-order valence-electron chi connectivity index (χ0n) is 27.6. The van der Waals surface area contributed by atoms with Crippen LogP contribution in [0.2, 0.25) is 0 Å². The van der Waals surface area contributed by atoms with Crippen molar-refractivity contribution in [2.75, 3.05) is 0 Å². The predicted octanol–water partition coefficient (Wildman–Crippen LogP) is 10.8. The summed E-state index contributed by atoms with van der Waals surface area (Å²) < 4.78 is 0. The third kappa shape index (κ3) is 7.05. The zero-order valence-corrected chi connectivity index (χ0v) is 32.5. The molecule has 0 bridgehead atoms. The molecule has 6 aliphatic heterocycles. The number of carbonyl (C=O) groups excluding carboxylic acids is 6. The first kappa shape index (κ1) is 36.4. The molecule has 4 aromatic carbocycles. The Kier molecular flexibility index (Phi) is 10.6. The summed E-state index contributed by atoms with van der Waals surface area (Å²) in [7, 11) is 0. The van der Waals surface area contributed by atoms with Gasteiger partial charge >= 0.3 is 0 Å². The minimum absolute atomic E-state index is 0.0328. The Balaban J connectivity index is 0.000000120. The van der Waals surface area contributed by atoms with Gasteiger partial charge < -0.3 is 0 Å². The van der Waals surface area contributed by atoms with Crippen molar-refractivity contribution in [1.29, 1.82) is 0 Å². The molecule has 0 aromatic heterocycles. The van der Waals surface area contributed by atoms with Crippen LogP contribution in [0.1, 0.15) is 41.4 Å². The SMILES string of the molecule is O=C1/C(=C/C=C2\Sc3ccccc3C2=O)Sc2ccccc21.O=C1/C(=C2\Sc3ccccc3C2=O)Sc2ccccc21.O=C1C=CS/C1=C1/SC=CC1=O. The van der Waals surface area contributed by atoms with E-state index in [-0.39, 0.29) is 34.7 Å². The maximum atomic E-state index is 12.4. The van der Waals surface area contributed by atoms with Gasteiger partial charge in [0, 0.05) is 41.8 Å².